The second-order valence-electron chi connectivity index (χ2n) is 4.48. The third-order valence-corrected chi connectivity index (χ3v) is 6.93. The van der Waals surface area contributed by atoms with Gasteiger partial charge in [-0.05, 0) is 30.8 Å². The fraction of sp³-hybridized carbons (Fsp3) is 1.00. The van der Waals surface area contributed by atoms with Crippen LogP contribution in [0, 0.1) is 5.92 Å². The summed E-state index contributed by atoms with van der Waals surface area (Å²) in [5.74, 6) is 0.820. The molecular weight excluding hydrogens is 180 g/mol. The summed E-state index contributed by atoms with van der Waals surface area (Å²) in [7, 11) is -0.0612. The zero-order chi connectivity index (χ0) is 9.90. The van der Waals surface area contributed by atoms with E-state index in [-0.39, 0.29) is 0 Å². The quantitative estimate of drug-likeness (QED) is 0.638. The first-order valence-electron chi connectivity index (χ1n) is 5.27. The molecule has 1 rings (SSSR count). The molecule has 0 heterocycles. The van der Waals surface area contributed by atoms with Gasteiger partial charge in [0.05, 0.1) is 0 Å². The molecule has 0 radical (unpaired) electrons. The van der Waals surface area contributed by atoms with Crippen molar-refractivity contribution in [1.82, 2.24) is 0 Å². The molecular formula is C10H22O2Si. The first-order valence-corrected chi connectivity index (χ1v) is 7.67. The minimum absolute atomic E-state index is 0.539. The van der Waals surface area contributed by atoms with Gasteiger partial charge in [-0.25, -0.2) is 0 Å². The lowest BCUT2D eigenvalue weighted by atomic mass is 9.86. The smallest absolute Gasteiger partial charge is 0.337 e. The van der Waals surface area contributed by atoms with Crippen molar-refractivity contribution in [1.29, 1.82) is 0 Å². The molecule has 1 saturated carbocycles. The Labute approximate surface area is 82.9 Å². The molecule has 1 aliphatic carbocycles. The van der Waals surface area contributed by atoms with E-state index in [0.717, 1.165) is 12.5 Å². The van der Waals surface area contributed by atoms with Gasteiger partial charge < -0.3 is 8.85 Å². The van der Waals surface area contributed by atoms with Crippen LogP contribution in [0.25, 0.3) is 0 Å². The molecule has 13 heavy (non-hydrogen) atoms. The molecule has 1 fully saturated rings. The van der Waals surface area contributed by atoms with Gasteiger partial charge >= 0.3 is 8.56 Å². The van der Waals surface area contributed by atoms with Crippen molar-refractivity contribution in [3.8, 4) is 0 Å². The van der Waals surface area contributed by atoms with Gasteiger partial charge in [-0.2, -0.15) is 0 Å². The molecule has 0 amide bonds. The summed E-state index contributed by atoms with van der Waals surface area (Å²) in [6, 6.07) is 0. The maximum atomic E-state index is 5.96. The van der Waals surface area contributed by atoms with Crippen LogP contribution in [0.2, 0.25) is 12.1 Å². The van der Waals surface area contributed by atoms with Crippen LogP contribution in [0.4, 0.5) is 0 Å². The van der Waals surface area contributed by atoms with Crippen LogP contribution < -0.4 is 0 Å². The fourth-order valence-corrected chi connectivity index (χ4v) is 2.89. The topological polar surface area (TPSA) is 18.5 Å². The van der Waals surface area contributed by atoms with Gasteiger partial charge in [0.2, 0.25) is 0 Å². The highest BCUT2D eigenvalue weighted by atomic mass is 28.4. The number of hydrogen-bond donors (Lipinski definition) is 0. The minimum Gasteiger partial charge on any atom is -0.398 e. The van der Waals surface area contributed by atoms with Crippen molar-refractivity contribution < 1.29 is 8.85 Å². The second-order valence-corrected chi connectivity index (χ2v) is 8.37. The summed E-state index contributed by atoms with van der Waals surface area (Å²) in [5, 5.41) is 0. The molecule has 0 aliphatic heterocycles. The summed E-state index contributed by atoms with van der Waals surface area (Å²) >= 11 is 0. The van der Waals surface area contributed by atoms with Gasteiger partial charge in [0, 0.05) is 13.7 Å². The Morgan fingerprint density at radius 3 is 2.31 bits per heavy atom. The van der Waals surface area contributed by atoms with Gasteiger partial charge in [0.1, 0.15) is 0 Å². The Kier molecular flexibility index (Phi) is 3.95. The van der Waals surface area contributed by atoms with E-state index in [4.69, 9.17) is 8.85 Å². The van der Waals surface area contributed by atoms with Crippen LogP contribution in [0.1, 0.15) is 33.1 Å². The SMILES string of the molecule is CO[Si](C)(OCC1CCC1)C(C)C. The van der Waals surface area contributed by atoms with E-state index in [1.54, 1.807) is 7.11 Å². The maximum absolute atomic E-state index is 5.96. The molecule has 0 aromatic carbocycles. The lowest BCUT2D eigenvalue weighted by Gasteiger charge is -2.33. The lowest BCUT2D eigenvalue weighted by Crippen LogP contribution is -2.42. The lowest BCUT2D eigenvalue weighted by molar-refractivity contribution is 0.129. The van der Waals surface area contributed by atoms with Gasteiger partial charge in [0.15, 0.2) is 0 Å². The highest BCUT2D eigenvalue weighted by Gasteiger charge is 2.35. The van der Waals surface area contributed by atoms with Crippen molar-refractivity contribution in [3.05, 3.63) is 0 Å². The van der Waals surface area contributed by atoms with Crippen LogP contribution in [0.15, 0.2) is 0 Å². The summed E-state index contributed by atoms with van der Waals surface area (Å²) < 4.78 is 11.5. The van der Waals surface area contributed by atoms with E-state index in [1.165, 1.54) is 19.3 Å². The predicted molar refractivity (Wildman–Crippen MR) is 57.0 cm³/mol. The number of hydrogen-bond acceptors (Lipinski definition) is 2. The van der Waals surface area contributed by atoms with Gasteiger partial charge in [0.25, 0.3) is 0 Å². The molecule has 0 spiro atoms. The Hall–Kier alpha value is 0.137. The molecule has 0 aromatic heterocycles. The molecule has 0 aromatic rings. The van der Waals surface area contributed by atoms with Gasteiger partial charge in [-0.1, -0.05) is 20.3 Å². The van der Waals surface area contributed by atoms with Crippen LogP contribution in [0.3, 0.4) is 0 Å². The Morgan fingerprint density at radius 2 is 2.00 bits per heavy atom. The number of rotatable bonds is 5. The second kappa shape index (κ2) is 4.58. The molecule has 1 aliphatic rings. The fourth-order valence-electron chi connectivity index (χ4n) is 1.40. The summed E-state index contributed by atoms with van der Waals surface area (Å²) in [4.78, 5) is 0. The standard InChI is InChI=1S/C10H22O2Si/c1-9(2)13(4,11-3)12-8-10-6-5-7-10/h9-10H,5-8H2,1-4H3. The van der Waals surface area contributed by atoms with Crippen molar-refractivity contribution in [2.75, 3.05) is 13.7 Å². The largest absolute Gasteiger partial charge is 0.398 e. The molecule has 2 nitrogen and oxygen atoms in total. The molecule has 1 atom stereocenters. The molecule has 3 heteroatoms. The summed E-state index contributed by atoms with van der Waals surface area (Å²) in [6.07, 6.45) is 4.10. The van der Waals surface area contributed by atoms with Crippen LogP contribution in [0.5, 0.6) is 0 Å². The molecule has 1 unspecified atom stereocenters. The summed E-state index contributed by atoms with van der Waals surface area (Å²) in [6.45, 7) is 7.47. The van der Waals surface area contributed by atoms with E-state index >= 15 is 0 Å². The van der Waals surface area contributed by atoms with Crippen molar-refractivity contribution in [2.24, 2.45) is 5.92 Å². The monoisotopic (exact) mass is 202 g/mol. The first kappa shape index (κ1) is 11.2. The first-order chi connectivity index (χ1) is 6.08. The van der Waals surface area contributed by atoms with Crippen LogP contribution >= 0.6 is 0 Å². The molecule has 0 N–H and O–H groups in total. The third-order valence-electron chi connectivity index (χ3n) is 3.28. The van der Waals surface area contributed by atoms with E-state index in [2.05, 4.69) is 20.4 Å². The Balaban J connectivity index is 2.29. The maximum Gasteiger partial charge on any atom is 0.337 e. The van der Waals surface area contributed by atoms with E-state index in [9.17, 15) is 0 Å². The molecule has 78 valence electrons. The van der Waals surface area contributed by atoms with Gasteiger partial charge in [-0.3, -0.25) is 0 Å². The zero-order valence-electron chi connectivity index (χ0n) is 9.30. The normalized spacial score (nSPS) is 22.8. The highest BCUT2D eigenvalue weighted by Crippen LogP contribution is 2.29. The van der Waals surface area contributed by atoms with Gasteiger partial charge in [-0.15, -0.1) is 0 Å². The Morgan fingerprint density at radius 1 is 1.38 bits per heavy atom. The summed E-state index contributed by atoms with van der Waals surface area (Å²) in [5.41, 5.74) is 0.539. The van der Waals surface area contributed by atoms with Crippen molar-refractivity contribution >= 4 is 8.56 Å². The van der Waals surface area contributed by atoms with E-state index in [1.807, 2.05) is 0 Å². The van der Waals surface area contributed by atoms with Crippen molar-refractivity contribution in [3.63, 3.8) is 0 Å². The van der Waals surface area contributed by atoms with Crippen molar-refractivity contribution in [2.45, 2.75) is 45.2 Å². The van der Waals surface area contributed by atoms with Crippen LogP contribution in [-0.2, 0) is 8.85 Å². The Bertz CT molecular complexity index is 157. The molecule has 0 bridgehead atoms. The third kappa shape index (κ3) is 2.79. The zero-order valence-corrected chi connectivity index (χ0v) is 10.3. The average molecular weight is 202 g/mol. The van der Waals surface area contributed by atoms with Crippen LogP contribution in [-0.4, -0.2) is 22.3 Å². The van der Waals surface area contributed by atoms with E-state index in [0.29, 0.717) is 5.54 Å². The average Bonchev–Trinajstić information content (AvgIpc) is 2.01. The predicted octanol–water partition coefficient (Wildman–Crippen LogP) is 2.93. The van der Waals surface area contributed by atoms with E-state index < -0.39 is 8.56 Å². The molecule has 0 saturated heterocycles. The minimum atomic E-state index is -1.85. The highest BCUT2D eigenvalue weighted by molar-refractivity contribution is 6.67.